The Labute approximate surface area is 116 Å². The number of aryl methyl sites for hydroxylation is 1. The van der Waals surface area contributed by atoms with E-state index in [-0.39, 0.29) is 4.90 Å². The van der Waals surface area contributed by atoms with Gasteiger partial charge in [0.15, 0.2) is 0 Å². The number of nitrogens with two attached hydrogens (primary N) is 1. The molecule has 0 bridgehead atoms. The first-order valence-corrected chi connectivity index (χ1v) is 8.33. The minimum atomic E-state index is -3.64. The Kier molecular flexibility index (Phi) is 5.82. The van der Waals surface area contributed by atoms with Crippen LogP contribution < -0.4 is 10.5 Å². The number of primary sulfonamides is 1. The van der Waals surface area contributed by atoms with Crippen LogP contribution in [0, 0.1) is 6.92 Å². The Morgan fingerprint density at radius 2 is 2.00 bits per heavy atom. The normalized spacial score (nSPS) is 13.3. The third-order valence-electron chi connectivity index (χ3n) is 3.30. The lowest BCUT2D eigenvalue weighted by molar-refractivity contribution is 0.592. The van der Waals surface area contributed by atoms with Gasteiger partial charge < -0.3 is 5.32 Å². The van der Waals surface area contributed by atoms with E-state index >= 15 is 0 Å². The Hall–Kier alpha value is -1.07. The maximum Gasteiger partial charge on any atom is 0.238 e. The molecule has 0 radical (unpaired) electrons. The number of hydrogen-bond acceptors (Lipinski definition) is 3. The topological polar surface area (TPSA) is 72.2 Å². The van der Waals surface area contributed by atoms with Gasteiger partial charge in [-0.3, -0.25) is 0 Å². The third kappa shape index (κ3) is 4.84. The fourth-order valence-corrected chi connectivity index (χ4v) is 2.52. The molecule has 0 saturated heterocycles. The molecule has 19 heavy (non-hydrogen) atoms. The summed E-state index contributed by atoms with van der Waals surface area (Å²) in [5, 5.41) is 8.59. The number of unbranched alkanes of at least 4 members (excludes halogenated alkanes) is 1. The van der Waals surface area contributed by atoms with Crippen LogP contribution in [0.1, 0.15) is 45.1 Å². The molecule has 0 heterocycles. The molecule has 0 amide bonds. The van der Waals surface area contributed by atoms with Crippen molar-refractivity contribution >= 4 is 15.7 Å². The second-order valence-electron chi connectivity index (χ2n) is 4.91. The summed E-state index contributed by atoms with van der Waals surface area (Å²) < 4.78 is 22.7. The molecule has 0 spiro atoms. The van der Waals surface area contributed by atoms with Crippen molar-refractivity contribution in [1.82, 2.24) is 0 Å². The molecule has 1 rings (SSSR count). The zero-order chi connectivity index (χ0) is 14.5. The molecule has 0 aliphatic rings. The lowest BCUT2D eigenvalue weighted by atomic mass is 10.1. The second kappa shape index (κ2) is 6.91. The van der Waals surface area contributed by atoms with Gasteiger partial charge in [-0.2, -0.15) is 0 Å². The zero-order valence-corrected chi connectivity index (χ0v) is 12.8. The van der Waals surface area contributed by atoms with Crippen LogP contribution >= 0.6 is 0 Å². The van der Waals surface area contributed by atoms with Crippen molar-refractivity contribution in [3.8, 4) is 0 Å². The van der Waals surface area contributed by atoms with E-state index in [1.165, 1.54) is 6.42 Å². The minimum absolute atomic E-state index is 0.158. The highest BCUT2D eigenvalue weighted by Crippen LogP contribution is 2.22. The Balaban J connectivity index is 2.93. The van der Waals surface area contributed by atoms with Gasteiger partial charge >= 0.3 is 0 Å². The van der Waals surface area contributed by atoms with Gasteiger partial charge in [0.2, 0.25) is 10.0 Å². The summed E-state index contributed by atoms with van der Waals surface area (Å²) in [7, 11) is -3.64. The Morgan fingerprint density at radius 1 is 1.32 bits per heavy atom. The van der Waals surface area contributed by atoms with Crippen LogP contribution in [0.2, 0.25) is 0 Å². The van der Waals surface area contributed by atoms with Crippen LogP contribution in [0.15, 0.2) is 23.1 Å². The summed E-state index contributed by atoms with van der Waals surface area (Å²) in [6, 6.07) is 5.32. The molecule has 0 saturated carbocycles. The summed E-state index contributed by atoms with van der Waals surface area (Å²) in [5.41, 5.74) is 1.89. The Morgan fingerprint density at radius 3 is 2.53 bits per heavy atom. The molecule has 1 unspecified atom stereocenters. The maximum absolute atomic E-state index is 11.4. The van der Waals surface area contributed by atoms with E-state index in [0.717, 1.165) is 30.5 Å². The van der Waals surface area contributed by atoms with Crippen LogP contribution in [0.4, 0.5) is 5.69 Å². The smallest absolute Gasteiger partial charge is 0.238 e. The number of nitrogens with one attached hydrogen (secondary N) is 1. The van der Waals surface area contributed by atoms with Gasteiger partial charge in [-0.15, -0.1) is 0 Å². The minimum Gasteiger partial charge on any atom is -0.382 e. The predicted molar refractivity (Wildman–Crippen MR) is 79.8 cm³/mol. The highest BCUT2D eigenvalue weighted by atomic mass is 32.2. The molecule has 1 atom stereocenters. The lowest BCUT2D eigenvalue weighted by Crippen LogP contribution is -2.19. The van der Waals surface area contributed by atoms with E-state index < -0.39 is 10.0 Å². The summed E-state index contributed by atoms with van der Waals surface area (Å²) in [6.45, 7) is 6.26. The number of sulfonamides is 1. The van der Waals surface area contributed by atoms with Gasteiger partial charge in [-0.05, 0) is 37.5 Å². The average Bonchev–Trinajstić information content (AvgIpc) is 2.35. The van der Waals surface area contributed by atoms with Crippen molar-refractivity contribution < 1.29 is 8.42 Å². The molecular weight excluding hydrogens is 260 g/mol. The van der Waals surface area contributed by atoms with Gasteiger partial charge in [0, 0.05) is 11.7 Å². The largest absolute Gasteiger partial charge is 0.382 e. The van der Waals surface area contributed by atoms with Crippen LogP contribution in [-0.2, 0) is 10.0 Å². The van der Waals surface area contributed by atoms with E-state index in [9.17, 15) is 8.42 Å². The first-order chi connectivity index (χ1) is 8.88. The van der Waals surface area contributed by atoms with E-state index in [1.807, 2.05) is 6.92 Å². The van der Waals surface area contributed by atoms with Crippen molar-refractivity contribution in [3.63, 3.8) is 0 Å². The summed E-state index contributed by atoms with van der Waals surface area (Å²) >= 11 is 0. The number of anilines is 1. The van der Waals surface area contributed by atoms with E-state index in [0.29, 0.717) is 6.04 Å². The van der Waals surface area contributed by atoms with Crippen LogP contribution in [0.25, 0.3) is 0 Å². The van der Waals surface area contributed by atoms with Crippen LogP contribution in [0.5, 0.6) is 0 Å². The highest BCUT2D eigenvalue weighted by molar-refractivity contribution is 7.89. The van der Waals surface area contributed by atoms with E-state index in [1.54, 1.807) is 18.2 Å². The SMILES string of the molecule is CCCCC(CC)Nc1cc(S(N)(=O)=O)ccc1C. The van der Waals surface area contributed by atoms with Crippen LogP contribution in [0.3, 0.4) is 0 Å². The predicted octanol–water partition coefficient (Wildman–Crippen LogP) is 3.02. The molecule has 1 aromatic rings. The first kappa shape index (κ1) is 16.0. The zero-order valence-electron chi connectivity index (χ0n) is 11.9. The fourth-order valence-electron chi connectivity index (χ4n) is 1.98. The molecule has 3 N–H and O–H groups in total. The molecule has 0 fully saturated rings. The molecule has 1 aromatic carbocycles. The molecular formula is C14H24N2O2S. The van der Waals surface area contributed by atoms with Crippen molar-refractivity contribution in [3.05, 3.63) is 23.8 Å². The van der Waals surface area contributed by atoms with Gasteiger partial charge in [-0.1, -0.05) is 32.8 Å². The summed E-state index contributed by atoms with van der Waals surface area (Å²) in [5.74, 6) is 0. The molecule has 108 valence electrons. The third-order valence-corrected chi connectivity index (χ3v) is 4.21. The summed E-state index contributed by atoms with van der Waals surface area (Å²) in [4.78, 5) is 0.158. The van der Waals surface area contributed by atoms with Crippen molar-refractivity contribution in [2.75, 3.05) is 5.32 Å². The van der Waals surface area contributed by atoms with Crippen molar-refractivity contribution in [1.29, 1.82) is 0 Å². The first-order valence-electron chi connectivity index (χ1n) is 6.78. The van der Waals surface area contributed by atoms with Gasteiger partial charge in [-0.25, -0.2) is 13.6 Å². The quantitative estimate of drug-likeness (QED) is 0.808. The lowest BCUT2D eigenvalue weighted by Gasteiger charge is -2.20. The monoisotopic (exact) mass is 284 g/mol. The number of hydrogen-bond donors (Lipinski definition) is 2. The van der Waals surface area contributed by atoms with Gasteiger partial charge in [0.1, 0.15) is 0 Å². The van der Waals surface area contributed by atoms with Gasteiger partial charge in [0.05, 0.1) is 4.90 Å². The van der Waals surface area contributed by atoms with Crippen LogP contribution in [-0.4, -0.2) is 14.5 Å². The summed E-state index contributed by atoms with van der Waals surface area (Å²) in [6.07, 6.45) is 4.43. The highest BCUT2D eigenvalue weighted by Gasteiger charge is 2.12. The second-order valence-corrected chi connectivity index (χ2v) is 6.47. The van der Waals surface area contributed by atoms with E-state index in [4.69, 9.17) is 5.14 Å². The molecule has 4 nitrogen and oxygen atoms in total. The fraction of sp³-hybridized carbons (Fsp3) is 0.571. The van der Waals surface area contributed by atoms with Gasteiger partial charge in [0.25, 0.3) is 0 Å². The standard InChI is InChI=1S/C14H24N2O2S/c1-4-6-7-12(5-2)16-14-10-13(19(15,17)18)9-8-11(14)3/h8-10,12,16H,4-7H2,1-3H3,(H2,15,17,18). The van der Waals surface area contributed by atoms with Crippen molar-refractivity contribution in [2.24, 2.45) is 5.14 Å². The van der Waals surface area contributed by atoms with E-state index in [2.05, 4.69) is 19.2 Å². The molecule has 0 aliphatic heterocycles. The number of benzene rings is 1. The number of rotatable bonds is 7. The average molecular weight is 284 g/mol. The molecule has 5 heteroatoms. The molecule has 0 aromatic heterocycles. The van der Waals surface area contributed by atoms with Crippen molar-refractivity contribution in [2.45, 2.75) is 57.4 Å². The molecule has 0 aliphatic carbocycles. The maximum atomic E-state index is 11.4. The Bertz CT molecular complexity index is 512.